The summed E-state index contributed by atoms with van der Waals surface area (Å²) in [6, 6.07) is 0.878. The van der Waals surface area contributed by atoms with Gasteiger partial charge in [-0.15, -0.1) is 0 Å². The van der Waals surface area contributed by atoms with Crippen LogP contribution in [0.3, 0.4) is 0 Å². The van der Waals surface area contributed by atoms with Crippen LogP contribution in [0.5, 0.6) is 0 Å². The van der Waals surface area contributed by atoms with E-state index in [0.29, 0.717) is 18.6 Å². The van der Waals surface area contributed by atoms with E-state index < -0.39 is 0 Å². The Morgan fingerprint density at radius 2 is 2.14 bits per heavy atom. The molecular formula is C17H35N3O. The third-order valence-electron chi connectivity index (χ3n) is 4.20. The maximum absolute atomic E-state index is 12.2. The van der Waals surface area contributed by atoms with E-state index in [1.54, 1.807) is 0 Å². The molecule has 1 amide bonds. The summed E-state index contributed by atoms with van der Waals surface area (Å²) in [6.07, 6.45) is 8.42. The molecule has 2 unspecified atom stereocenters. The van der Waals surface area contributed by atoms with Gasteiger partial charge in [0.05, 0.1) is 6.54 Å². The Kier molecular flexibility index (Phi) is 9.68. The molecule has 0 saturated carbocycles. The zero-order valence-corrected chi connectivity index (χ0v) is 14.3. The molecule has 0 spiro atoms. The zero-order chi connectivity index (χ0) is 15.5. The van der Waals surface area contributed by atoms with Crippen molar-refractivity contribution in [3.8, 4) is 0 Å². The van der Waals surface area contributed by atoms with Crippen molar-refractivity contribution in [2.24, 2.45) is 0 Å². The molecule has 1 aliphatic rings. The van der Waals surface area contributed by atoms with E-state index >= 15 is 0 Å². The third kappa shape index (κ3) is 8.42. The smallest absolute Gasteiger partial charge is 0.234 e. The number of carbonyl (C=O) groups excluding carboxylic acids is 1. The Labute approximate surface area is 131 Å². The third-order valence-corrected chi connectivity index (χ3v) is 4.20. The molecule has 0 radical (unpaired) electrons. The Morgan fingerprint density at radius 1 is 1.33 bits per heavy atom. The molecule has 2 N–H and O–H groups in total. The maximum atomic E-state index is 12.2. The highest BCUT2D eigenvalue weighted by atomic mass is 16.2. The molecule has 21 heavy (non-hydrogen) atoms. The van der Waals surface area contributed by atoms with Crippen LogP contribution in [0.15, 0.2) is 0 Å². The molecule has 1 heterocycles. The second kappa shape index (κ2) is 11.0. The van der Waals surface area contributed by atoms with Gasteiger partial charge in [0.2, 0.25) is 5.91 Å². The standard InChI is InChI=1S/C17H35N3O/c1-4-6-7-9-15(3)19-17(21)14-20(12-5-2)13-16-10-8-11-18-16/h15-16,18H,4-14H2,1-3H3,(H,19,21). The number of carbonyl (C=O) groups is 1. The molecule has 0 aliphatic carbocycles. The van der Waals surface area contributed by atoms with Crippen molar-refractivity contribution in [2.45, 2.75) is 77.8 Å². The summed E-state index contributed by atoms with van der Waals surface area (Å²) in [5, 5.41) is 6.67. The van der Waals surface area contributed by atoms with Crippen molar-refractivity contribution in [3.63, 3.8) is 0 Å². The predicted molar refractivity (Wildman–Crippen MR) is 89.5 cm³/mol. The molecule has 1 aliphatic heterocycles. The van der Waals surface area contributed by atoms with Gasteiger partial charge in [-0.1, -0.05) is 33.1 Å². The molecule has 1 rings (SSSR count). The van der Waals surface area contributed by atoms with Crippen molar-refractivity contribution >= 4 is 5.91 Å². The summed E-state index contributed by atoms with van der Waals surface area (Å²) >= 11 is 0. The summed E-state index contributed by atoms with van der Waals surface area (Å²) < 4.78 is 0. The minimum atomic E-state index is 0.186. The van der Waals surface area contributed by atoms with E-state index in [1.165, 1.54) is 32.1 Å². The molecule has 0 aromatic rings. The van der Waals surface area contributed by atoms with Crippen molar-refractivity contribution in [1.29, 1.82) is 0 Å². The SMILES string of the molecule is CCCCCC(C)NC(=O)CN(CCC)CC1CCCN1. The lowest BCUT2D eigenvalue weighted by atomic mass is 10.1. The lowest BCUT2D eigenvalue weighted by Crippen LogP contribution is -2.45. The van der Waals surface area contributed by atoms with Gasteiger partial charge in [-0.05, 0) is 45.7 Å². The fourth-order valence-corrected chi connectivity index (χ4v) is 3.07. The van der Waals surface area contributed by atoms with Gasteiger partial charge in [0.1, 0.15) is 0 Å². The normalized spacial score (nSPS) is 19.9. The van der Waals surface area contributed by atoms with Crippen LogP contribution in [0.4, 0.5) is 0 Å². The van der Waals surface area contributed by atoms with Crippen molar-refractivity contribution in [2.75, 3.05) is 26.2 Å². The molecule has 4 heteroatoms. The molecule has 2 atom stereocenters. The van der Waals surface area contributed by atoms with Gasteiger partial charge < -0.3 is 10.6 Å². The number of nitrogens with one attached hydrogen (secondary N) is 2. The Bertz CT molecular complexity index is 277. The molecular weight excluding hydrogens is 262 g/mol. The molecule has 0 bridgehead atoms. The molecule has 0 aromatic heterocycles. The van der Waals surface area contributed by atoms with Gasteiger partial charge in [0.25, 0.3) is 0 Å². The summed E-state index contributed by atoms with van der Waals surface area (Å²) in [5.41, 5.74) is 0. The first-order valence-electron chi connectivity index (χ1n) is 8.90. The van der Waals surface area contributed by atoms with E-state index in [0.717, 1.165) is 32.5 Å². The zero-order valence-electron chi connectivity index (χ0n) is 14.3. The second-order valence-electron chi connectivity index (χ2n) is 6.49. The van der Waals surface area contributed by atoms with Crippen LogP contribution in [-0.2, 0) is 4.79 Å². The maximum Gasteiger partial charge on any atom is 0.234 e. The van der Waals surface area contributed by atoms with E-state index in [9.17, 15) is 4.79 Å². The Morgan fingerprint density at radius 3 is 2.76 bits per heavy atom. The number of hydrogen-bond acceptors (Lipinski definition) is 3. The van der Waals surface area contributed by atoms with Crippen LogP contribution >= 0.6 is 0 Å². The van der Waals surface area contributed by atoms with Crippen molar-refractivity contribution in [1.82, 2.24) is 15.5 Å². The summed E-state index contributed by atoms with van der Waals surface area (Å²) in [7, 11) is 0. The summed E-state index contributed by atoms with van der Waals surface area (Å²) in [4.78, 5) is 14.5. The Hall–Kier alpha value is -0.610. The van der Waals surface area contributed by atoms with Crippen molar-refractivity contribution < 1.29 is 4.79 Å². The number of unbranched alkanes of at least 4 members (excludes halogenated alkanes) is 2. The first kappa shape index (κ1) is 18.4. The second-order valence-corrected chi connectivity index (χ2v) is 6.49. The van der Waals surface area contributed by atoms with E-state index in [2.05, 4.69) is 36.3 Å². The Balaban J connectivity index is 2.26. The first-order valence-corrected chi connectivity index (χ1v) is 8.90. The van der Waals surface area contributed by atoms with Gasteiger partial charge in [0, 0.05) is 18.6 Å². The molecule has 4 nitrogen and oxygen atoms in total. The summed E-state index contributed by atoms with van der Waals surface area (Å²) in [6.45, 7) is 10.2. The largest absolute Gasteiger partial charge is 0.353 e. The topological polar surface area (TPSA) is 44.4 Å². The predicted octanol–water partition coefficient (Wildman–Crippen LogP) is 2.54. The number of nitrogens with zero attached hydrogens (tertiary/aromatic N) is 1. The fraction of sp³-hybridized carbons (Fsp3) is 0.941. The first-order chi connectivity index (χ1) is 10.2. The molecule has 1 saturated heterocycles. The minimum Gasteiger partial charge on any atom is -0.353 e. The van der Waals surface area contributed by atoms with Gasteiger partial charge in [-0.2, -0.15) is 0 Å². The lowest BCUT2D eigenvalue weighted by Gasteiger charge is -2.25. The van der Waals surface area contributed by atoms with E-state index in [1.807, 2.05) is 0 Å². The number of rotatable bonds is 11. The average Bonchev–Trinajstić information content (AvgIpc) is 2.92. The molecule has 1 fully saturated rings. The molecule has 124 valence electrons. The highest BCUT2D eigenvalue weighted by Gasteiger charge is 2.19. The van der Waals surface area contributed by atoms with Crippen molar-refractivity contribution in [3.05, 3.63) is 0 Å². The highest BCUT2D eigenvalue weighted by molar-refractivity contribution is 5.78. The van der Waals surface area contributed by atoms with E-state index in [4.69, 9.17) is 0 Å². The van der Waals surface area contributed by atoms with Gasteiger partial charge in [-0.3, -0.25) is 9.69 Å². The van der Waals surface area contributed by atoms with Gasteiger partial charge >= 0.3 is 0 Å². The van der Waals surface area contributed by atoms with Crippen LogP contribution in [0, 0.1) is 0 Å². The number of hydrogen-bond donors (Lipinski definition) is 2. The van der Waals surface area contributed by atoms with Crippen LogP contribution in [0.2, 0.25) is 0 Å². The number of amides is 1. The van der Waals surface area contributed by atoms with Crippen LogP contribution < -0.4 is 10.6 Å². The van der Waals surface area contributed by atoms with Crippen LogP contribution in [-0.4, -0.2) is 49.1 Å². The van der Waals surface area contributed by atoms with Gasteiger partial charge in [-0.25, -0.2) is 0 Å². The monoisotopic (exact) mass is 297 g/mol. The molecule has 0 aromatic carbocycles. The van der Waals surface area contributed by atoms with Crippen LogP contribution in [0.25, 0.3) is 0 Å². The average molecular weight is 297 g/mol. The quantitative estimate of drug-likeness (QED) is 0.576. The van der Waals surface area contributed by atoms with Gasteiger partial charge in [0.15, 0.2) is 0 Å². The fourth-order valence-electron chi connectivity index (χ4n) is 3.07. The van der Waals surface area contributed by atoms with Crippen LogP contribution in [0.1, 0.15) is 65.7 Å². The summed E-state index contributed by atoms with van der Waals surface area (Å²) in [5.74, 6) is 0.186. The van der Waals surface area contributed by atoms with E-state index in [-0.39, 0.29) is 5.91 Å². The highest BCUT2D eigenvalue weighted by Crippen LogP contribution is 2.07. The lowest BCUT2D eigenvalue weighted by molar-refractivity contribution is -0.123. The minimum absolute atomic E-state index is 0.186.